The Balaban J connectivity index is 2.00. The number of nitrogens with zero attached hydrogens (tertiary/aromatic N) is 4. The zero-order valence-corrected chi connectivity index (χ0v) is 11.7. The minimum absolute atomic E-state index is 0.534. The highest BCUT2D eigenvalue weighted by Crippen LogP contribution is 2.30. The maximum atomic E-state index is 5.37. The second-order valence-corrected chi connectivity index (χ2v) is 4.29. The fourth-order valence-electron chi connectivity index (χ4n) is 1.96. The van der Waals surface area contributed by atoms with Crippen molar-refractivity contribution in [1.82, 2.24) is 25.1 Å². The Morgan fingerprint density at radius 3 is 2.52 bits per heavy atom. The number of aromatic amines is 1. The summed E-state index contributed by atoms with van der Waals surface area (Å²) in [6, 6.07) is 3.85. The van der Waals surface area contributed by atoms with Crippen LogP contribution >= 0.6 is 0 Å². The van der Waals surface area contributed by atoms with Gasteiger partial charge < -0.3 is 10.1 Å². The van der Waals surface area contributed by atoms with Crippen molar-refractivity contribution in [2.24, 2.45) is 0 Å². The van der Waals surface area contributed by atoms with Gasteiger partial charge in [0.25, 0.3) is 0 Å². The van der Waals surface area contributed by atoms with Crippen LogP contribution in [0.4, 0.5) is 5.95 Å². The molecule has 0 fully saturated rings. The molecule has 0 aliphatic heterocycles. The minimum atomic E-state index is 0.534. The van der Waals surface area contributed by atoms with E-state index in [0.29, 0.717) is 11.8 Å². The highest BCUT2D eigenvalue weighted by Gasteiger charge is 2.11. The van der Waals surface area contributed by atoms with Crippen LogP contribution < -0.4 is 10.1 Å². The topological polar surface area (TPSA) is 88.6 Å². The molecule has 3 rings (SSSR count). The number of anilines is 1. The van der Waals surface area contributed by atoms with E-state index in [-0.39, 0.29) is 0 Å². The number of aromatic nitrogens is 5. The van der Waals surface area contributed by atoms with E-state index >= 15 is 0 Å². The first-order chi connectivity index (χ1) is 10.3. The molecule has 0 radical (unpaired) electrons. The lowest BCUT2D eigenvalue weighted by atomic mass is 10.1. The van der Waals surface area contributed by atoms with E-state index < -0.39 is 0 Å². The molecule has 0 saturated heterocycles. The molecule has 3 aromatic rings. The first-order valence-electron chi connectivity index (χ1n) is 6.36. The molecule has 106 valence electrons. The Morgan fingerprint density at radius 1 is 1.10 bits per heavy atom. The van der Waals surface area contributed by atoms with E-state index in [4.69, 9.17) is 4.74 Å². The quantitative estimate of drug-likeness (QED) is 0.760. The molecular formula is C14H14N6O. The lowest BCUT2D eigenvalue weighted by Crippen LogP contribution is -1.97. The lowest BCUT2D eigenvalue weighted by Gasteiger charge is -2.08. The van der Waals surface area contributed by atoms with Crippen LogP contribution in [0.25, 0.3) is 22.4 Å². The normalized spacial score (nSPS) is 10.4. The Hall–Kier alpha value is -2.96. The van der Waals surface area contributed by atoms with E-state index in [0.717, 1.165) is 22.4 Å². The zero-order valence-electron chi connectivity index (χ0n) is 11.7. The summed E-state index contributed by atoms with van der Waals surface area (Å²) in [7, 11) is 3.37. The molecule has 3 aromatic heterocycles. The molecule has 2 N–H and O–H groups in total. The van der Waals surface area contributed by atoms with Crippen LogP contribution in [-0.4, -0.2) is 39.3 Å². The fourth-order valence-corrected chi connectivity index (χ4v) is 1.96. The second-order valence-electron chi connectivity index (χ2n) is 4.29. The van der Waals surface area contributed by atoms with Gasteiger partial charge in [-0.3, -0.25) is 5.10 Å². The van der Waals surface area contributed by atoms with E-state index in [1.165, 1.54) is 0 Å². The van der Waals surface area contributed by atoms with Crippen LogP contribution in [0.3, 0.4) is 0 Å². The first kappa shape index (κ1) is 13.0. The van der Waals surface area contributed by atoms with Gasteiger partial charge >= 0.3 is 0 Å². The number of rotatable bonds is 4. The Kier molecular flexibility index (Phi) is 3.46. The van der Waals surface area contributed by atoms with Gasteiger partial charge in [0, 0.05) is 42.3 Å². The van der Waals surface area contributed by atoms with Gasteiger partial charge in [-0.15, -0.1) is 0 Å². The number of methoxy groups -OCH3 is 1. The molecule has 0 atom stereocenters. The van der Waals surface area contributed by atoms with Gasteiger partial charge in [0.2, 0.25) is 11.8 Å². The van der Waals surface area contributed by atoms with Crippen molar-refractivity contribution in [3.05, 3.63) is 36.9 Å². The van der Waals surface area contributed by atoms with Crippen molar-refractivity contribution in [1.29, 1.82) is 0 Å². The van der Waals surface area contributed by atoms with Gasteiger partial charge in [-0.1, -0.05) is 0 Å². The zero-order chi connectivity index (χ0) is 14.7. The summed E-state index contributed by atoms with van der Waals surface area (Å²) in [4.78, 5) is 12.9. The highest BCUT2D eigenvalue weighted by molar-refractivity contribution is 5.70. The smallest absolute Gasteiger partial charge is 0.222 e. The summed E-state index contributed by atoms with van der Waals surface area (Å²) in [5.74, 6) is 1.10. The van der Waals surface area contributed by atoms with Crippen molar-refractivity contribution in [2.45, 2.75) is 0 Å². The molecule has 7 heteroatoms. The summed E-state index contributed by atoms with van der Waals surface area (Å²) in [6.45, 7) is 0. The van der Waals surface area contributed by atoms with Crippen LogP contribution in [0, 0.1) is 0 Å². The van der Waals surface area contributed by atoms with Crippen LogP contribution in [0.1, 0.15) is 0 Å². The summed E-state index contributed by atoms with van der Waals surface area (Å²) in [5.41, 5.74) is 3.38. The van der Waals surface area contributed by atoms with E-state index in [2.05, 4.69) is 30.5 Å². The average molecular weight is 282 g/mol. The molecule has 0 aliphatic carbocycles. The summed E-state index contributed by atoms with van der Waals surface area (Å²) in [5, 5.41) is 9.59. The molecular weight excluding hydrogens is 268 g/mol. The lowest BCUT2D eigenvalue weighted by molar-refractivity contribution is 0.400. The predicted octanol–water partition coefficient (Wildman–Crippen LogP) is 1.98. The molecule has 0 amide bonds. The number of ether oxygens (including phenoxy) is 1. The van der Waals surface area contributed by atoms with Crippen LogP contribution in [0.15, 0.2) is 36.9 Å². The Labute approximate surface area is 121 Å². The SMILES string of the molecule is CNc1ncc(-c2ccc(-c3cn[nH]c3)c(OC)n2)cn1. The van der Waals surface area contributed by atoms with Gasteiger partial charge in [0.15, 0.2) is 0 Å². The third-order valence-corrected chi connectivity index (χ3v) is 3.03. The van der Waals surface area contributed by atoms with Crippen molar-refractivity contribution in [2.75, 3.05) is 19.5 Å². The van der Waals surface area contributed by atoms with Crippen molar-refractivity contribution in [3.8, 4) is 28.3 Å². The molecule has 0 bridgehead atoms. The molecule has 3 heterocycles. The van der Waals surface area contributed by atoms with E-state index in [1.54, 1.807) is 38.9 Å². The maximum Gasteiger partial charge on any atom is 0.222 e. The van der Waals surface area contributed by atoms with E-state index in [1.807, 2.05) is 12.1 Å². The third kappa shape index (κ3) is 2.53. The van der Waals surface area contributed by atoms with Crippen molar-refractivity contribution < 1.29 is 4.74 Å². The predicted molar refractivity (Wildman–Crippen MR) is 78.9 cm³/mol. The van der Waals surface area contributed by atoms with Gasteiger partial charge in [0.05, 0.1) is 19.0 Å². The standard InChI is InChI=1S/C14H14N6O/c1-15-14-16-5-10(6-17-14)12-4-3-11(13(20-12)21-2)9-7-18-19-8-9/h3-8H,1-2H3,(H,18,19)(H,15,16,17). The number of hydrogen-bond acceptors (Lipinski definition) is 6. The molecule has 0 spiro atoms. The van der Waals surface area contributed by atoms with Crippen molar-refractivity contribution >= 4 is 5.95 Å². The molecule has 0 unspecified atom stereocenters. The molecule has 21 heavy (non-hydrogen) atoms. The minimum Gasteiger partial charge on any atom is -0.481 e. The van der Waals surface area contributed by atoms with Crippen LogP contribution in [-0.2, 0) is 0 Å². The molecule has 0 aliphatic rings. The number of nitrogens with one attached hydrogen (secondary N) is 2. The van der Waals surface area contributed by atoms with Gasteiger partial charge in [-0.05, 0) is 12.1 Å². The number of pyridine rings is 1. The first-order valence-corrected chi connectivity index (χ1v) is 6.36. The van der Waals surface area contributed by atoms with Crippen molar-refractivity contribution in [3.63, 3.8) is 0 Å². The number of H-pyrrole nitrogens is 1. The molecule has 0 saturated carbocycles. The third-order valence-electron chi connectivity index (χ3n) is 3.03. The summed E-state index contributed by atoms with van der Waals surface area (Å²) >= 11 is 0. The summed E-state index contributed by atoms with van der Waals surface area (Å²) < 4.78 is 5.37. The number of hydrogen-bond donors (Lipinski definition) is 2. The van der Waals surface area contributed by atoms with Gasteiger partial charge in [-0.2, -0.15) is 5.10 Å². The average Bonchev–Trinajstić information content (AvgIpc) is 3.08. The summed E-state index contributed by atoms with van der Waals surface area (Å²) in [6.07, 6.45) is 6.96. The van der Waals surface area contributed by atoms with E-state index in [9.17, 15) is 0 Å². The Bertz CT molecular complexity index is 724. The monoisotopic (exact) mass is 282 g/mol. The van der Waals surface area contributed by atoms with Crippen LogP contribution in [0.5, 0.6) is 5.88 Å². The molecule has 7 nitrogen and oxygen atoms in total. The highest BCUT2D eigenvalue weighted by atomic mass is 16.5. The Morgan fingerprint density at radius 2 is 1.90 bits per heavy atom. The fraction of sp³-hybridized carbons (Fsp3) is 0.143. The second kappa shape index (κ2) is 5.58. The van der Waals surface area contributed by atoms with Gasteiger partial charge in [-0.25, -0.2) is 15.0 Å². The molecule has 0 aromatic carbocycles. The maximum absolute atomic E-state index is 5.37. The largest absolute Gasteiger partial charge is 0.481 e. The van der Waals surface area contributed by atoms with Gasteiger partial charge in [0.1, 0.15) is 0 Å². The van der Waals surface area contributed by atoms with Crippen LogP contribution in [0.2, 0.25) is 0 Å².